The minimum Gasteiger partial charge on any atom is -0.391 e. The number of carbonyl (C=O) groups is 1. The lowest BCUT2D eigenvalue weighted by atomic mass is 10.0. The first-order valence-electron chi connectivity index (χ1n) is 24.5. The van der Waals surface area contributed by atoms with Gasteiger partial charge in [0.05, 0.1) is 39.9 Å². The molecule has 8 nitrogen and oxygen atoms in total. The average molecular weight is 874 g/mol. The number of carbonyl (C=O) groups excluding carboxylic acids is 1. The van der Waals surface area contributed by atoms with Crippen molar-refractivity contribution in [1.29, 1.82) is 0 Å². The fourth-order valence-corrected chi connectivity index (χ4v) is 7.29. The van der Waals surface area contributed by atoms with Gasteiger partial charge in [-0.3, -0.25) is 13.8 Å². The third kappa shape index (κ3) is 45.5. The third-order valence-electron chi connectivity index (χ3n) is 10.4. The Bertz CT molecular complexity index is 1260. The Balaban J connectivity index is 4.20. The van der Waals surface area contributed by atoms with Gasteiger partial charge >= 0.3 is 7.82 Å². The lowest BCUT2D eigenvalue weighted by molar-refractivity contribution is -0.870. The lowest BCUT2D eigenvalue weighted by Crippen LogP contribution is -2.46. The number of amides is 1. The molecule has 0 saturated carbocycles. The molecule has 352 valence electrons. The van der Waals surface area contributed by atoms with E-state index in [1.807, 2.05) is 21.1 Å². The Hall–Kier alpha value is -2.32. The van der Waals surface area contributed by atoms with Crippen molar-refractivity contribution in [3.05, 3.63) is 85.1 Å². The highest BCUT2D eigenvalue weighted by atomic mass is 31.2. The maximum atomic E-state index is 12.9. The van der Waals surface area contributed by atoms with Crippen LogP contribution in [0.2, 0.25) is 0 Å². The van der Waals surface area contributed by atoms with Gasteiger partial charge in [0.2, 0.25) is 5.91 Å². The summed E-state index contributed by atoms with van der Waals surface area (Å²) in [5.41, 5.74) is 0. The van der Waals surface area contributed by atoms with E-state index in [2.05, 4.69) is 104 Å². The number of rotatable bonds is 43. The minimum atomic E-state index is -4.32. The molecule has 0 spiro atoms. The van der Waals surface area contributed by atoms with Crippen molar-refractivity contribution in [2.45, 2.75) is 199 Å². The number of unbranched alkanes of at least 4 members (excludes halogenated alkanes) is 16. The summed E-state index contributed by atoms with van der Waals surface area (Å²) in [5, 5.41) is 13.9. The SMILES string of the molecule is CC/C=C\C/C=C\C/C=C\C/C=C\C/C=C\C/C=C\C/C=C\CCCCCCCCCC(=O)NC(COP(=O)(O)OCC[N+](C)(C)C)C(O)CCCCCCCCCCCC. The molecule has 0 aliphatic heterocycles. The normalized spacial score (nSPS) is 14.9. The molecule has 61 heavy (non-hydrogen) atoms. The van der Waals surface area contributed by atoms with Crippen LogP contribution in [0.25, 0.3) is 0 Å². The first-order valence-corrected chi connectivity index (χ1v) is 25.9. The van der Waals surface area contributed by atoms with Crippen LogP contribution in [0, 0.1) is 0 Å². The van der Waals surface area contributed by atoms with Crippen molar-refractivity contribution in [3.8, 4) is 0 Å². The van der Waals surface area contributed by atoms with Gasteiger partial charge in [0, 0.05) is 6.42 Å². The molecule has 0 fully saturated rings. The summed E-state index contributed by atoms with van der Waals surface area (Å²) in [5.74, 6) is -0.162. The number of phosphoric acid groups is 1. The molecule has 0 saturated heterocycles. The van der Waals surface area contributed by atoms with E-state index >= 15 is 0 Å². The molecule has 0 aromatic heterocycles. The number of hydrogen-bond donors (Lipinski definition) is 3. The molecule has 0 radical (unpaired) electrons. The summed E-state index contributed by atoms with van der Waals surface area (Å²) < 4.78 is 23.6. The molecule has 0 aliphatic rings. The van der Waals surface area contributed by atoms with Gasteiger partial charge in [0.1, 0.15) is 13.2 Å². The fourth-order valence-electron chi connectivity index (χ4n) is 6.55. The second-order valence-electron chi connectivity index (χ2n) is 17.5. The number of aliphatic hydroxyl groups excluding tert-OH is 1. The predicted molar refractivity (Wildman–Crippen MR) is 263 cm³/mol. The summed E-state index contributed by atoms with van der Waals surface area (Å²) in [6, 6.07) is -0.770. The maximum Gasteiger partial charge on any atom is 0.472 e. The summed E-state index contributed by atoms with van der Waals surface area (Å²) in [6.07, 6.45) is 59.1. The van der Waals surface area contributed by atoms with Crippen molar-refractivity contribution < 1.29 is 32.9 Å². The fraction of sp³-hybridized carbons (Fsp3) is 0.712. The predicted octanol–water partition coefficient (Wildman–Crippen LogP) is 14.1. The van der Waals surface area contributed by atoms with E-state index in [1.165, 1.54) is 64.2 Å². The smallest absolute Gasteiger partial charge is 0.391 e. The van der Waals surface area contributed by atoms with Crippen molar-refractivity contribution >= 4 is 13.7 Å². The van der Waals surface area contributed by atoms with E-state index in [9.17, 15) is 19.4 Å². The van der Waals surface area contributed by atoms with Gasteiger partial charge in [-0.15, -0.1) is 0 Å². The molecule has 0 aliphatic carbocycles. The molecule has 1 amide bonds. The van der Waals surface area contributed by atoms with Gasteiger partial charge in [-0.25, -0.2) is 4.57 Å². The molecule has 0 aromatic rings. The first-order chi connectivity index (χ1) is 29.5. The number of likely N-dealkylation sites (N-methyl/N-ethyl adjacent to an activating group) is 1. The molecular formula is C52H94N2O6P+. The van der Waals surface area contributed by atoms with Gasteiger partial charge in [-0.1, -0.05) is 195 Å². The van der Waals surface area contributed by atoms with E-state index in [-0.39, 0.29) is 19.1 Å². The monoisotopic (exact) mass is 874 g/mol. The van der Waals surface area contributed by atoms with Gasteiger partial charge < -0.3 is 19.8 Å². The number of quaternary nitrogens is 1. The molecule has 0 aromatic carbocycles. The van der Waals surface area contributed by atoms with Crippen LogP contribution in [0.4, 0.5) is 0 Å². The van der Waals surface area contributed by atoms with Gasteiger partial charge in [0.15, 0.2) is 0 Å². The number of phosphoric ester groups is 1. The van der Waals surface area contributed by atoms with E-state index in [1.54, 1.807) is 0 Å². The molecule has 0 bridgehead atoms. The van der Waals surface area contributed by atoms with Gasteiger partial charge in [-0.2, -0.15) is 0 Å². The Morgan fingerprint density at radius 1 is 0.574 bits per heavy atom. The molecule has 3 unspecified atom stereocenters. The zero-order chi connectivity index (χ0) is 45.0. The standard InChI is InChI=1S/C52H93N2O6P/c1-6-8-10-12-14-16-18-19-20-21-22-23-24-25-26-27-28-29-30-31-32-33-34-35-36-38-40-42-44-46-52(56)53-50(49-60-61(57,58)59-48-47-54(3,4)5)51(55)45-43-41-39-37-17-15-13-11-9-7-2/h8,10,14,16,19-20,22-23,25-26,28-29,31-32,50-51,55H,6-7,9,11-13,15,17-18,21,24,27,30,33-49H2,1-5H3,(H-,53,56,57,58)/p+1/b10-8-,16-14-,20-19-,23-22-,26-25-,29-28-,32-31-. The summed E-state index contributed by atoms with van der Waals surface area (Å²) in [7, 11) is 1.59. The molecular weight excluding hydrogens is 780 g/mol. The van der Waals surface area contributed by atoms with Crippen LogP contribution in [0.5, 0.6) is 0 Å². The van der Waals surface area contributed by atoms with Crippen LogP contribution in [0.1, 0.15) is 187 Å². The minimum absolute atomic E-state index is 0.0677. The van der Waals surface area contributed by atoms with Gasteiger partial charge in [0.25, 0.3) is 0 Å². The lowest BCUT2D eigenvalue weighted by Gasteiger charge is -2.26. The molecule has 3 N–H and O–H groups in total. The summed E-state index contributed by atoms with van der Waals surface area (Å²) >= 11 is 0. The van der Waals surface area contributed by atoms with E-state index < -0.39 is 20.0 Å². The third-order valence-corrected chi connectivity index (χ3v) is 11.4. The zero-order valence-electron chi connectivity index (χ0n) is 39.9. The largest absolute Gasteiger partial charge is 0.472 e. The van der Waals surface area contributed by atoms with Crippen LogP contribution in [-0.2, 0) is 18.4 Å². The molecule has 0 rings (SSSR count). The number of aliphatic hydroxyl groups is 1. The number of nitrogens with zero attached hydrogens (tertiary/aromatic N) is 1. The van der Waals surface area contributed by atoms with Crippen LogP contribution in [0.3, 0.4) is 0 Å². The second-order valence-corrected chi connectivity index (χ2v) is 18.9. The molecule has 0 heterocycles. The first kappa shape index (κ1) is 58.7. The van der Waals surface area contributed by atoms with E-state index in [0.29, 0.717) is 23.9 Å². The van der Waals surface area contributed by atoms with Crippen LogP contribution < -0.4 is 5.32 Å². The topological polar surface area (TPSA) is 105 Å². The van der Waals surface area contributed by atoms with Crippen molar-refractivity contribution in [1.82, 2.24) is 5.32 Å². The average Bonchev–Trinajstić information content (AvgIpc) is 3.21. The quantitative estimate of drug-likeness (QED) is 0.0244. The van der Waals surface area contributed by atoms with Crippen LogP contribution in [-0.4, -0.2) is 73.4 Å². The second kappa shape index (κ2) is 43.0. The highest BCUT2D eigenvalue weighted by Crippen LogP contribution is 2.43. The Labute approximate surface area is 376 Å². The molecule has 9 heteroatoms. The van der Waals surface area contributed by atoms with Crippen LogP contribution >= 0.6 is 7.82 Å². The summed E-state index contributed by atoms with van der Waals surface area (Å²) in [6.45, 7) is 4.73. The van der Waals surface area contributed by atoms with Crippen LogP contribution in [0.15, 0.2) is 85.1 Å². The number of hydrogen-bond acceptors (Lipinski definition) is 5. The van der Waals surface area contributed by atoms with E-state index in [0.717, 1.165) is 96.3 Å². The number of allylic oxidation sites excluding steroid dienone is 14. The Morgan fingerprint density at radius 3 is 1.44 bits per heavy atom. The maximum absolute atomic E-state index is 12.9. The van der Waals surface area contributed by atoms with Crippen molar-refractivity contribution in [2.75, 3.05) is 40.9 Å². The zero-order valence-corrected chi connectivity index (χ0v) is 40.8. The Kier molecular flexibility index (Phi) is 41.3. The van der Waals surface area contributed by atoms with E-state index in [4.69, 9.17) is 9.05 Å². The molecule has 3 atom stereocenters. The van der Waals surface area contributed by atoms with Crippen molar-refractivity contribution in [3.63, 3.8) is 0 Å². The highest BCUT2D eigenvalue weighted by molar-refractivity contribution is 7.47. The Morgan fingerprint density at radius 2 is 0.984 bits per heavy atom. The number of nitrogens with one attached hydrogen (secondary N) is 1. The van der Waals surface area contributed by atoms with Crippen molar-refractivity contribution in [2.24, 2.45) is 0 Å². The van der Waals surface area contributed by atoms with Gasteiger partial charge in [-0.05, 0) is 70.6 Å². The highest BCUT2D eigenvalue weighted by Gasteiger charge is 2.28. The summed E-state index contributed by atoms with van der Waals surface area (Å²) in [4.78, 5) is 23.2.